The molecule has 134 valence electrons. The summed E-state index contributed by atoms with van der Waals surface area (Å²) >= 11 is 12.2. The Morgan fingerprint density at radius 2 is 1.88 bits per heavy atom. The maximum atomic E-state index is 6.17. The minimum Gasteiger partial charge on any atom is -0.383 e. The second-order valence-electron chi connectivity index (χ2n) is 6.34. The van der Waals surface area contributed by atoms with Gasteiger partial charge in [0.15, 0.2) is 0 Å². The van der Waals surface area contributed by atoms with Crippen LogP contribution < -0.4 is 5.32 Å². The van der Waals surface area contributed by atoms with Crippen molar-refractivity contribution in [3.05, 3.63) is 81.5 Å². The van der Waals surface area contributed by atoms with Gasteiger partial charge in [-0.1, -0.05) is 47.5 Å². The minimum atomic E-state index is 0.531. The quantitative estimate of drug-likeness (QED) is 0.723. The van der Waals surface area contributed by atoms with Gasteiger partial charge in [-0.3, -0.25) is 4.99 Å². The first-order valence-electron chi connectivity index (χ1n) is 8.44. The van der Waals surface area contributed by atoms with Gasteiger partial charge in [0.2, 0.25) is 0 Å². The molecule has 0 amide bonds. The van der Waals surface area contributed by atoms with Crippen molar-refractivity contribution in [3.8, 4) is 0 Å². The van der Waals surface area contributed by atoms with E-state index in [0.717, 1.165) is 41.2 Å². The van der Waals surface area contributed by atoms with E-state index in [2.05, 4.69) is 47.5 Å². The zero-order valence-electron chi connectivity index (χ0n) is 14.8. The highest BCUT2D eigenvalue weighted by molar-refractivity contribution is 6.42. The third-order valence-electron chi connectivity index (χ3n) is 4.07. The number of halogens is 2. The molecule has 1 N–H and O–H groups in total. The van der Waals surface area contributed by atoms with E-state index in [1.165, 1.54) is 0 Å². The lowest BCUT2D eigenvalue weighted by Crippen LogP contribution is -2.21. The van der Waals surface area contributed by atoms with Gasteiger partial charge in [-0.25, -0.2) is 0 Å². The summed E-state index contributed by atoms with van der Waals surface area (Å²) in [6, 6.07) is 13.9. The van der Waals surface area contributed by atoms with Crippen molar-refractivity contribution in [2.45, 2.75) is 0 Å². The van der Waals surface area contributed by atoms with Gasteiger partial charge in [-0.2, -0.15) is 0 Å². The van der Waals surface area contributed by atoms with Gasteiger partial charge in [0.25, 0.3) is 0 Å². The number of allylic oxidation sites excluding steroid dienone is 2. The largest absolute Gasteiger partial charge is 0.383 e. The third-order valence-corrected chi connectivity index (χ3v) is 4.81. The lowest BCUT2D eigenvalue weighted by molar-refractivity contribution is 0.425. The maximum absolute atomic E-state index is 6.17. The highest BCUT2D eigenvalue weighted by atomic mass is 35.5. The smallest absolute Gasteiger partial charge is 0.0775 e. The number of nitrogens with zero attached hydrogens (tertiary/aromatic N) is 2. The molecule has 0 fully saturated rings. The van der Waals surface area contributed by atoms with E-state index >= 15 is 0 Å². The summed E-state index contributed by atoms with van der Waals surface area (Å²) in [7, 11) is 4.14. The van der Waals surface area contributed by atoms with Crippen LogP contribution in [-0.2, 0) is 0 Å². The van der Waals surface area contributed by atoms with Crippen molar-refractivity contribution in [1.82, 2.24) is 4.90 Å². The summed E-state index contributed by atoms with van der Waals surface area (Å²) in [4.78, 5) is 6.66. The Labute approximate surface area is 164 Å². The van der Waals surface area contributed by atoms with Crippen LogP contribution in [-0.4, -0.2) is 37.8 Å². The maximum Gasteiger partial charge on any atom is 0.0775 e. The Kier molecular flexibility index (Phi) is 6.15. The van der Waals surface area contributed by atoms with Crippen LogP contribution in [0.2, 0.25) is 10.0 Å². The van der Waals surface area contributed by atoms with E-state index in [1.807, 2.05) is 36.5 Å². The van der Waals surface area contributed by atoms with Gasteiger partial charge >= 0.3 is 0 Å². The molecular formula is C21H21Cl2N3. The number of aliphatic imine (C=N–C) groups is 1. The van der Waals surface area contributed by atoms with Crippen molar-refractivity contribution in [3.63, 3.8) is 0 Å². The number of hydrogen-bond donors (Lipinski definition) is 1. The molecule has 1 aliphatic heterocycles. The van der Waals surface area contributed by atoms with Crippen LogP contribution in [0, 0.1) is 0 Å². The molecule has 0 spiro atoms. The first-order chi connectivity index (χ1) is 12.5. The number of benzene rings is 2. The standard InChI is InChI=1S/C21H21Cl2N3/c1-26(2)12-11-24-20-6-4-3-5-15(20)13-17-9-10-25-21(17)16-7-8-18(22)19(23)14-16/h3-10,13-14,24H,11-12H2,1-2H3. The molecule has 1 heterocycles. The summed E-state index contributed by atoms with van der Waals surface area (Å²) in [6.07, 6.45) is 5.96. The Balaban J connectivity index is 1.86. The summed E-state index contributed by atoms with van der Waals surface area (Å²) in [6.45, 7) is 1.86. The highest BCUT2D eigenvalue weighted by Crippen LogP contribution is 2.27. The van der Waals surface area contributed by atoms with Crippen LogP contribution in [0.15, 0.2) is 65.3 Å². The summed E-state index contributed by atoms with van der Waals surface area (Å²) in [5.41, 5.74) is 5.13. The normalized spacial score (nSPS) is 15.0. The second kappa shape index (κ2) is 8.54. The van der Waals surface area contributed by atoms with Gasteiger partial charge < -0.3 is 10.2 Å². The zero-order chi connectivity index (χ0) is 18.5. The Hall–Kier alpha value is -2.07. The average Bonchev–Trinajstić information content (AvgIpc) is 3.07. The molecule has 2 aromatic rings. The van der Waals surface area contributed by atoms with E-state index in [-0.39, 0.29) is 0 Å². The number of likely N-dealkylation sites (N-methyl/N-ethyl adjacent to an activating group) is 1. The Morgan fingerprint density at radius 3 is 2.65 bits per heavy atom. The number of hydrogen-bond acceptors (Lipinski definition) is 3. The van der Waals surface area contributed by atoms with E-state index in [4.69, 9.17) is 23.2 Å². The second-order valence-corrected chi connectivity index (χ2v) is 7.15. The van der Waals surface area contributed by atoms with Gasteiger partial charge in [-0.05, 0) is 50.0 Å². The molecule has 26 heavy (non-hydrogen) atoms. The van der Waals surface area contributed by atoms with Crippen LogP contribution in [0.25, 0.3) is 6.08 Å². The Morgan fingerprint density at radius 1 is 1.08 bits per heavy atom. The molecule has 3 rings (SSSR count). The average molecular weight is 386 g/mol. The minimum absolute atomic E-state index is 0.531. The molecule has 0 atom stereocenters. The van der Waals surface area contributed by atoms with Gasteiger partial charge in [0, 0.05) is 36.1 Å². The molecule has 0 unspecified atom stereocenters. The molecule has 5 heteroatoms. The zero-order valence-corrected chi connectivity index (χ0v) is 16.3. The summed E-state index contributed by atoms with van der Waals surface area (Å²) in [5.74, 6) is 0. The number of rotatable bonds is 6. The summed E-state index contributed by atoms with van der Waals surface area (Å²) in [5, 5.41) is 4.58. The van der Waals surface area contributed by atoms with Crippen LogP contribution in [0.4, 0.5) is 5.69 Å². The molecule has 0 bridgehead atoms. The van der Waals surface area contributed by atoms with Gasteiger partial charge in [0.05, 0.1) is 15.8 Å². The molecule has 0 aliphatic carbocycles. The molecular weight excluding hydrogens is 365 g/mol. The monoisotopic (exact) mass is 385 g/mol. The van der Waals surface area contributed by atoms with Crippen molar-refractivity contribution in [2.75, 3.05) is 32.5 Å². The fourth-order valence-electron chi connectivity index (χ4n) is 2.71. The predicted molar refractivity (Wildman–Crippen MR) is 114 cm³/mol. The van der Waals surface area contributed by atoms with Crippen LogP contribution in [0.5, 0.6) is 0 Å². The van der Waals surface area contributed by atoms with Gasteiger partial charge in [-0.15, -0.1) is 0 Å². The predicted octanol–water partition coefficient (Wildman–Crippen LogP) is 5.37. The fourth-order valence-corrected chi connectivity index (χ4v) is 3.01. The number of anilines is 1. The van der Waals surface area contributed by atoms with Crippen molar-refractivity contribution in [2.24, 2.45) is 4.99 Å². The number of para-hydroxylation sites is 1. The first-order valence-corrected chi connectivity index (χ1v) is 9.19. The molecule has 2 aromatic carbocycles. The van der Waals surface area contributed by atoms with E-state index in [9.17, 15) is 0 Å². The summed E-state index contributed by atoms with van der Waals surface area (Å²) < 4.78 is 0. The van der Waals surface area contributed by atoms with Crippen LogP contribution in [0.3, 0.4) is 0 Å². The van der Waals surface area contributed by atoms with E-state index in [1.54, 1.807) is 6.07 Å². The first kappa shape index (κ1) is 18.7. The van der Waals surface area contributed by atoms with Crippen LogP contribution >= 0.6 is 23.2 Å². The lowest BCUT2D eigenvalue weighted by Gasteiger charge is -2.13. The van der Waals surface area contributed by atoms with Crippen molar-refractivity contribution < 1.29 is 0 Å². The highest BCUT2D eigenvalue weighted by Gasteiger charge is 2.13. The van der Waals surface area contributed by atoms with Crippen LogP contribution in [0.1, 0.15) is 11.1 Å². The van der Waals surface area contributed by atoms with Crippen molar-refractivity contribution >= 4 is 40.7 Å². The van der Waals surface area contributed by atoms with Gasteiger partial charge in [0.1, 0.15) is 0 Å². The topological polar surface area (TPSA) is 27.6 Å². The van der Waals surface area contributed by atoms with E-state index in [0.29, 0.717) is 10.0 Å². The Bertz CT molecular complexity index is 883. The molecule has 0 radical (unpaired) electrons. The third kappa shape index (κ3) is 4.55. The lowest BCUT2D eigenvalue weighted by atomic mass is 10.0. The molecule has 1 aliphatic rings. The molecule has 0 aromatic heterocycles. The fraction of sp³-hybridized carbons (Fsp3) is 0.190. The molecule has 0 saturated carbocycles. The molecule has 0 saturated heterocycles. The SMILES string of the molecule is CN(C)CCNc1ccccc1C=C1C=CN=C1c1ccc(Cl)c(Cl)c1. The van der Waals surface area contributed by atoms with Crippen molar-refractivity contribution in [1.29, 1.82) is 0 Å². The molecule has 3 nitrogen and oxygen atoms in total. The van der Waals surface area contributed by atoms with E-state index < -0.39 is 0 Å². The number of nitrogens with one attached hydrogen (secondary N) is 1.